The van der Waals surface area contributed by atoms with Crippen molar-refractivity contribution in [1.29, 1.82) is 0 Å². The van der Waals surface area contributed by atoms with Crippen molar-refractivity contribution >= 4 is 29.9 Å². The second kappa shape index (κ2) is 13.7. The second-order valence-electron chi connectivity index (χ2n) is 8.08. The molecule has 1 aliphatic heterocycles. The number of benzene rings is 2. The highest BCUT2D eigenvalue weighted by atomic mass is 127. The molecule has 0 aliphatic carbocycles. The summed E-state index contributed by atoms with van der Waals surface area (Å²) in [5.74, 6) is 0.532. The third-order valence-corrected chi connectivity index (χ3v) is 5.41. The largest absolute Gasteiger partial charge is 0.379 e. The van der Waals surface area contributed by atoms with Crippen molar-refractivity contribution < 1.29 is 9.13 Å². The Morgan fingerprint density at radius 2 is 1.66 bits per heavy atom. The van der Waals surface area contributed by atoms with Crippen molar-refractivity contribution in [3.8, 4) is 0 Å². The smallest absolute Gasteiger partial charge is 0.191 e. The van der Waals surface area contributed by atoms with E-state index in [-0.39, 0.29) is 35.8 Å². The van der Waals surface area contributed by atoms with E-state index in [1.165, 1.54) is 23.3 Å². The molecule has 1 saturated heterocycles. The molecule has 0 bridgehead atoms. The molecule has 2 aromatic rings. The number of hydrogen-bond donors (Lipinski definition) is 2. The van der Waals surface area contributed by atoms with Crippen LogP contribution in [0.25, 0.3) is 0 Å². The van der Waals surface area contributed by atoms with Crippen LogP contribution < -0.4 is 10.6 Å². The number of nitrogens with one attached hydrogen (secondary N) is 2. The zero-order valence-electron chi connectivity index (χ0n) is 19.2. The molecule has 0 spiro atoms. The summed E-state index contributed by atoms with van der Waals surface area (Å²) in [4.78, 5) is 8.90. The van der Waals surface area contributed by atoms with Crippen molar-refractivity contribution in [3.63, 3.8) is 0 Å². The molecule has 32 heavy (non-hydrogen) atoms. The molecule has 1 unspecified atom stereocenters. The van der Waals surface area contributed by atoms with Gasteiger partial charge in [-0.1, -0.05) is 36.4 Å². The van der Waals surface area contributed by atoms with E-state index in [0.29, 0.717) is 26.3 Å². The van der Waals surface area contributed by atoms with E-state index in [4.69, 9.17) is 4.74 Å². The monoisotopic (exact) mass is 555 g/mol. The molecule has 1 aliphatic rings. The molecule has 6 nitrogen and oxygen atoms in total. The van der Waals surface area contributed by atoms with Crippen molar-refractivity contribution in [2.45, 2.75) is 19.1 Å². The fourth-order valence-corrected chi connectivity index (χ4v) is 3.76. The summed E-state index contributed by atoms with van der Waals surface area (Å²) in [6.07, 6.45) is 0. The van der Waals surface area contributed by atoms with Crippen LogP contribution in [0.5, 0.6) is 0 Å². The van der Waals surface area contributed by atoms with Gasteiger partial charge >= 0.3 is 0 Å². The minimum atomic E-state index is -0.216. The zero-order valence-corrected chi connectivity index (χ0v) is 21.5. The van der Waals surface area contributed by atoms with Gasteiger partial charge in [-0.2, -0.15) is 0 Å². The van der Waals surface area contributed by atoms with E-state index in [1.54, 1.807) is 7.05 Å². The van der Waals surface area contributed by atoms with Crippen LogP contribution in [0.1, 0.15) is 22.7 Å². The van der Waals surface area contributed by atoms with Crippen molar-refractivity contribution in [1.82, 2.24) is 20.4 Å². The van der Waals surface area contributed by atoms with Gasteiger partial charge in [0, 0.05) is 39.8 Å². The SMILES string of the molecule is CN=C(NCc1ccc(CN(C)C)cc1)NCC(c1ccc(F)cc1)N1CCOCC1.I. The molecule has 3 rings (SSSR count). The Morgan fingerprint density at radius 3 is 2.25 bits per heavy atom. The molecular weight excluding hydrogens is 520 g/mol. The third kappa shape index (κ3) is 8.31. The Labute approximate surface area is 208 Å². The quantitative estimate of drug-likeness (QED) is 0.298. The average Bonchev–Trinajstić information content (AvgIpc) is 2.78. The summed E-state index contributed by atoms with van der Waals surface area (Å²) < 4.78 is 18.9. The van der Waals surface area contributed by atoms with E-state index < -0.39 is 0 Å². The number of morpholine rings is 1. The fourth-order valence-electron chi connectivity index (χ4n) is 3.76. The van der Waals surface area contributed by atoms with Crippen LogP contribution in [0.15, 0.2) is 53.5 Å². The highest BCUT2D eigenvalue weighted by molar-refractivity contribution is 14.0. The zero-order chi connectivity index (χ0) is 22.1. The maximum Gasteiger partial charge on any atom is 0.191 e. The first-order chi connectivity index (χ1) is 15.0. The molecule has 1 fully saturated rings. The Hall–Kier alpha value is -1.75. The number of aliphatic imine (C=N–C) groups is 1. The lowest BCUT2D eigenvalue weighted by Crippen LogP contribution is -2.46. The van der Waals surface area contributed by atoms with Gasteiger partial charge in [0.25, 0.3) is 0 Å². The van der Waals surface area contributed by atoms with Gasteiger partial charge in [-0.05, 0) is 42.9 Å². The molecule has 0 amide bonds. The first kappa shape index (κ1) is 26.5. The van der Waals surface area contributed by atoms with Gasteiger partial charge in [-0.15, -0.1) is 24.0 Å². The molecule has 0 aromatic heterocycles. The van der Waals surface area contributed by atoms with Gasteiger partial charge in [0.1, 0.15) is 5.82 Å². The van der Waals surface area contributed by atoms with Crippen LogP contribution in [-0.2, 0) is 17.8 Å². The minimum absolute atomic E-state index is 0. The van der Waals surface area contributed by atoms with Crippen LogP contribution in [-0.4, -0.2) is 69.8 Å². The topological polar surface area (TPSA) is 52.1 Å². The lowest BCUT2D eigenvalue weighted by molar-refractivity contribution is 0.0170. The van der Waals surface area contributed by atoms with E-state index in [2.05, 4.69) is 63.8 Å². The highest BCUT2D eigenvalue weighted by Gasteiger charge is 2.23. The van der Waals surface area contributed by atoms with Gasteiger partial charge in [0.05, 0.1) is 19.3 Å². The van der Waals surface area contributed by atoms with Gasteiger partial charge in [-0.25, -0.2) is 4.39 Å². The first-order valence-corrected chi connectivity index (χ1v) is 10.8. The molecule has 8 heteroatoms. The summed E-state index contributed by atoms with van der Waals surface area (Å²) >= 11 is 0. The van der Waals surface area contributed by atoms with Crippen LogP contribution in [0, 0.1) is 5.82 Å². The second-order valence-corrected chi connectivity index (χ2v) is 8.08. The van der Waals surface area contributed by atoms with Crippen LogP contribution in [0.2, 0.25) is 0 Å². The number of guanidine groups is 1. The maximum absolute atomic E-state index is 13.4. The summed E-state index contributed by atoms with van der Waals surface area (Å²) in [5, 5.41) is 6.83. The van der Waals surface area contributed by atoms with E-state index in [0.717, 1.165) is 31.2 Å². The minimum Gasteiger partial charge on any atom is -0.379 e. The molecule has 0 radical (unpaired) electrons. The van der Waals surface area contributed by atoms with E-state index in [9.17, 15) is 4.39 Å². The normalized spacial score (nSPS) is 15.8. The molecule has 1 atom stereocenters. The number of ether oxygens (including phenoxy) is 1. The predicted molar refractivity (Wildman–Crippen MR) is 139 cm³/mol. The molecule has 0 saturated carbocycles. The lowest BCUT2D eigenvalue weighted by atomic mass is 10.0. The van der Waals surface area contributed by atoms with Crippen LogP contribution in [0.3, 0.4) is 0 Å². The summed E-state index contributed by atoms with van der Waals surface area (Å²) in [5.41, 5.74) is 3.58. The Morgan fingerprint density at radius 1 is 1.03 bits per heavy atom. The average molecular weight is 555 g/mol. The van der Waals surface area contributed by atoms with Crippen molar-refractivity contribution in [2.24, 2.45) is 4.99 Å². The van der Waals surface area contributed by atoms with Crippen molar-refractivity contribution in [3.05, 3.63) is 71.0 Å². The Kier molecular flexibility index (Phi) is 11.4. The van der Waals surface area contributed by atoms with Gasteiger partial charge in [-0.3, -0.25) is 9.89 Å². The first-order valence-electron chi connectivity index (χ1n) is 10.8. The van der Waals surface area contributed by atoms with E-state index >= 15 is 0 Å². The standard InChI is InChI=1S/C24H34FN5O.HI/c1-26-24(27-16-19-4-6-20(7-5-19)18-29(2)3)28-17-23(30-12-14-31-15-13-30)21-8-10-22(25)11-9-21;/h4-11,23H,12-18H2,1-3H3,(H2,26,27,28);1H. The Bertz CT molecular complexity index is 823. The highest BCUT2D eigenvalue weighted by Crippen LogP contribution is 2.21. The molecule has 1 heterocycles. The summed E-state index contributed by atoms with van der Waals surface area (Å²) in [7, 11) is 5.92. The van der Waals surface area contributed by atoms with Gasteiger partial charge in [0.2, 0.25) is 0 Å². The summed E-state index contributed by atoms with van der Waals surface area (Å²) in [6, 6.07) is 15.5. The maximum atomic E-state index is 13.4. The summed E-state index contributed by atoms with van der Waals surface area (Å²) in [6.45, 7) is 5.45. The van der Waals surface area contributed by atoms with Crippen LogP contribution in [0.4, 0.5) is 4.39 Å². The molecule has 176 valence electrons. The molecular formula is C24H35FIN5O. The number of halogens is 2. The van der Waals surface area contributed by atoms with E-state index in [1.807, 2.05) is 12.1 Å². The van der Waals surface area contributed by atoms with Crippen molar-refractivity contribution in [2.75, 3.05) is 54.0 Å². The van der Waals surface area contributed by atoms with Gasteiger partial charge in [0.15, 0.2) is 5.96 Å². The molecule has 2 N–H and O–H groups in total. The number of nitrogens with zero attached hydrogens (tertiary/aromatic N) is 3. The third-order valence-electron chi connectivity index (χ3n) is 5.41. The van der Waals surface area contributed by atoms with Crippen LogP contribution >= 0.6 is 24.0 Å². The Balaban J connectivity index is 0.00000363. The lowest BCUT2D eigenvalue weighted by Gasteiger charge is -2.35. The van der Waals surface area contributed by atoms with Gasteiger partial charge < -0.3 is 20.3 Å². The predicted octanol–water partition coefficient (Wildman–Crippen LogP) is 3.24. The fraction of sp³-hybridized carbons (Fsp3) is 0.458. The number of rotatable bonds is 8. The number of hydrogen-bond acceptors (Lipinski definition) is 4. The molecule has 2 aromatic carbocycles.